The Morgan fingerprint density at radius 3 is 2.86 bits per heavy atom. The zero-order valence-electron chi connectivity index (χ0n) is 8.32. The third-order valence-electron chi connectivity index (χ3n) is 2.16. The Morgan fingerprint density at radius 2 is 2.36 bits per heavy atom. The summed E-state index contributed by atoms with van der Waals surface area (Å²) in [6, 6.07) is 3.62. The minimum absolute atomic E-state index is 0.294. The number of hydrogen-bond acceptors (Lipinski definition) is 3. The van der Waals surface area contributed by atoms with Crippen LogP contribution >= 0.6 is 0 Å². The van der Waals surface area contributed by atoms with Crippen molar-refractivity contribution in [2.45, 2.75) is 25.8 Å². The average Bonchev–Trinajstić information content (AvgIpc) is 2.08. The molecule has 0 radical (unpaired) electrons. The van der Waals surface area contributed by atoms with E-state index in [1.54, 1.807) is 12.3 Å². The van der Waals surface area contributed by atoms with E-state index in [4.69, 9.17) is 10.8 Å². The van der Waals surface area contributed by atoms with E-state index in [0.717, 1.165) is 11.3 Å². The van der Waals surface area contributed by atoms with E-state index >= 15 is 0 Å². The lowest BCUT2D eigenvalue weighted by Gasteiger charge is -2.19. The van der Waals surface area contributed by atoms with Gasteiger partial charge in [0.15, 0.2) is 0 Å². The second-order valence-corrected chi connectivity index (χ2v) is 3.65. The van der Waals surface area contributed by atoms with Crippen molar-refractivity contribution in [3.63, 3.8) is 0 Å². The quantitative estimate of drug-likeness (QED) is 0.743. The minimum Gasteiger partial charge on any atom is -0.480 e. The molecule has 0 saturated heterocycles. The van der Waals surface area contributed by atoms with E-state index < -0.39 is 11.5 Å². The molecular weight excluding hydrogens is 180 g/mol. The van der Waals surface area contributed by atoms with Gasteiger partial charge in [-0.1, -0.05) is 6.07 Å². The standard InChI is InChI=1S/C10H14N2O2/c1-7-8(4-3-5-12-7)6-10(2,11)9(13)14/h3-5H,6,11H2,1-2H3,(H,13,14). The van der Waals surface area contributed by atoms with Crippen LogP contribution < -0.4 is 5.73 Å². The first kappa shape index (κ1) is 10.7. The molecule has 0 aliphatic rings. The highest BCUT2D eigenvalue weighted by Gasteiger charge is 2.28. The number of carboxylic acid groups (broad SMARTS) is 1. The van der Waals surface area contributed by atoms with Crippen LogP contribution in [-0.2, 0) is 11.2 Å². The Labute approximate surface area is 82.8 Å². The van der Waals surface area contributed by atoms with Crippen LogP contribution in [0.15, 0.2) is 18.3 Å². The number of aryl methyl sites for hydroxylation is 1. The first-order valence-corrected chi connectivity index (χ1v) is 4.36. The van der Waals surface area contributed by atoms with Crippen LogP contribution in [0.4, 0.5) is 0 Å². The fourth-order valence-corrected chi connectivity index (χ4v) is 1.18. The van der Waals surface area contributed by atoms with Gasteiger partial charge in [0.1, 0.15) is 5.54 Å². The van der Waals surface area contributed by atoms with Gasteiger partial charge in [0.2, 0.25) is 0 Å². The molecule has 0 aliphatic heterocycles. The van der Waals surface area contributed by atoms with E-state index in [2.05, 4.69) is 4.98 Å². The maximum atomic E-state index is 10.8. The van der Waals surface area contributed by atoms with Crippen molar-refractivity contribution in [2.75, 3.05) is 0 Å². The molecule has 1 atom stereocenters. The number of nitrogens with two attached hydrogens (primary N) is 1. The maximum absolute atomic E-state index is 10.8. The number of aliphatic carboxylic acids is 1. The number of carboxylic acids is 1. The number of aromatic nitrogens is 1. The summed E-state index contributed by atoms with van der Waals surface area (Å²) in [5.41, 5.74) is 6.10. The van der Waals surface area contributed by atoms with E-state index in [0.29, 0.717) is 6.42 Å². The lowest BCUT2D eigenvalue weighted by Crippen LogP contribution is -2.47. The van der Waals surface area contributed by atoms with Gasteiger partial charge in [0.25, 0.3) is 0 Å². The summed E-state index contributed by atoms with van der Waals surface area (Å²) < 4.78 is 0. The number of rotatable bonds is 3. The fraction of sp³-hybridized carbons (Fsp3) is 0.400. The SMILES string of the molecule is Cc1ncccc1CC(C)(N)C(=O)O. The zero-order valence-corrected chi connectivity index (χ0v) is 8.32. The molecule has 1 heterocycles. The van der Waals surface area contributed by atoms with Gasteiger partial charge in [-0.05, 0) is 25.5 Å². The molecule has 1 unspecified atom stereocenters. The molecule has 0 saturated carbocycles. The number of hydrogen-bond donors (Lipinski definition) is 2. The Balaban J connectivity index is 2.89. The van der Waals surface area contributed by atoms with Crippen LogP contribution in [0.1, 0.15) is 18.2 Å². The zero-order chi connectivity index (χ0) is 10.8. The predicted octanol–water partition coefficient (Wildman–Crippen LogP) is 0.735. The van der Waals surface area contributed by atoms with Gasteiger partial charge >= 0.3 is 5.97 Å². The third-order valence-corrected chi connectivity index (χ3v) is 2.16. The van der Waals surface area contributed by atoms with Crippen molar-refractivity contribution in [2.24, 2.45) is 5.73 Å². The molecule has 0 fully saturated rings. The second kappa shape index (κ2) is 3.75. The van der Waals surface area contributed by atoms with Crippen LogP contribution in [0.5, 0.6) is 0 Å². The lowest BCUT2D eigenvalue weighted by atomic mass is 9.93. The van der Waals surface area contributed by atoms with Crippen molar-refractivity contribution in [1.29, 1.82) is 0 Å². The first-order valence-electron chi connectivity index (χ1n) is 4.36. The highest BCUT2D eigenvalue weighted by molar-refractivity contribution is 5.78. The van der Waals surface area contributed by atoms with Gasteiger partial charge in [0.05, 0.1) is 0 Å². The summed E-state index contributed by atoms with van der Waals surface area (Å²) in [4.78, 5) is 14.9. The summed E-state index contributed by atoms with van der Waals surface area (Å²) in [5, 5.41) is 8.85. The van der Waals surface area contributed by atoms with Crippen LogP contribution in [0, 0.1) is 6.92 Å². The van der Waals surface area contributed by atoms with Gasteiger partial charge in [-0.3, -0.25) is 9.78 Å². The molecule has 4 heteroatoms. The average molecular weight is 194 g/mol. The summed E-state index contributed by atoms with van der Waals surface area (Å²) in [7, 11) is 0. The Kier molecular flexibility index (Phi) is 2.86. The summed E-state index contributed by atoms with van der Waals surface area (Å²) >= 11 is 0. The topological polar surface area (TPSA) is 76.2 Å². The van der Waals surface area contributed by atoms with Crippen LogP contribution in [0.3, 0.4) is 0 Å². The summed E-state index contributed by atoms with van der Waals surface area (Å²) in [6.45, 7) is 3.34. The van der Waals surface area contributed by atoms with Gasteiger partial charge < -0.3 is 10.8 Å². The van der Waals surface area contributed by atoms with Crippen LogP contribution in [0.25, 0.3) is 0 Å². The molecule has 0 aromatic carbocycles. The van der Waals surface area contributed by atoms with E-state index in [-0.39, 0.29) is 0 Å². The molecule has 4 nitrogen and oxygen atoms in total. The molecule has 14 heavy (non-hydrogen) atoms. The van der Waals surface area contributed by atoms with Crippen molar-refractivity contribution < 1.29 is 9.90 Å². The number of pyridine rings is 1. The highest BCUT2D eigenvalue weighted by Crippen LogP contribution is 2.12. The normalized spacial score (nSPS) is 14.8. The fourth-order valence-electron chi connectivity index (χ4n) is 1.18. The highest BCUT2D eigenvalue weighted by atomic mass is 16.4. The van der Waals surface area contributed by atoms with Crippen molar-refractivity contribution in [3.05, 3.63) is 29.6 Å². The molecule has 1 aromatic heterocycles. The number of nitrogens with zero attached hydrogens (tertiary/aromatic N) is 1. The molecule has 1 aromatic rings. The monoisotopic (exact) mass is 194 g/mol. The molecule has 76 valence electrons. The number of carbonyl (C=O) groups is 1. The van der Waals surface area contributed by atoms with Gasteiger partial charge in [-0.25, -0.2) is 0 Å². The molecule has 0 amide bonds. The largest absolute Gasteiger partial charge is 0.480 e. The van der Waals surface area contributed by atoms with Crippen molar-refractivity contribution in [1.82, 2.24) is 4.98 Å². The van der Waals surface area contributed by atoms with E-state index in [9.17, 15) is 4.79 Å². The summed E-state index contributed by atoms with van der Waals surface area (Å²) in [6.07, 6.45) is 1.97. The second-order valence-electron chi connectivity index (χ2n) is 3.65. The smallest absolute Gasteiger partial charge is 0.323 e. The molecule has 1 rings (SSSR count). The van der Waals surface area contributed by atoms with Gasteiger partial charge in [0, 0.05) is 18.3 Å². The van der Waals surface area contributed by atoms with Crippen molar-refractivity contribution >= 4 is 5.97 Å². The minimum atomic E-state index is -1.23. The Hall–Kier alpha value is -1.42. The molecule has 0 bridgehead atoms. The molecule has 0 aliphatic carbocycles. The maximum Gasteiger partial charge on any atom is 0.323 e. The van der Waals surface area contributed by atoms with Crippen molar-refractivity contribution in [3.8, 4) is 0 Å². The Bertz CT molecular complexity index is 348. The van der Waals surface area contributed by atoms with Crippen LogP contribution in [0.2, 0.25) is 0 Å². The Morgan fingerprint density at radius 1 is 1.71 bits per heavy atom. The van der Waals surface area contributed by atoms with Crippen LogP contribution in [-0.4, -0.2) is 21.6 Å². The van der Waals surface area contributed by atoms with E-state index in [1.165, 1.54) is 6.92 Å². The van der Waals surface area contributed by atoms with Gasteiger partial charge in [-0.15, -0.1) is 0 Å². The van der Waals surface area contributed by atoms with E-state index in [1.807, 2.05) is 13.0 Å². The first-order chi connectivity index (χ1) is 6.43. The summed E-state index contributed by atoms with van der Waals surface area (Å²) in [5.74, 6) is -0.999. The molecule has 0 spiro atoms. The third kappa shape index (κ3) is 2.29. The molecule has 3 N–H and O–H groups in total. The molecular formula is C10H14N2O2. The van der Waals surface area contributed by atoms with Gasteiger partial charge in [-0.2, -0.15) is 0 Å². The predicted molar refractivity (Wildman–Crippen MR) is 52.9 cm³/mol. The lowest BCUT2D eigenvalue weighted by molar-refractivity contribution is -0.142.